The van der Waals surface area contributed by atoms with Gasteiger partial charge in [-0.1, -0.05) is 111 Å². The Morgan fingerprint density at radius 1 is 0.569 bits per heavy atom. The zero-order valence-corrected chi connectivity index (χ0v) is 28.3. The molecule has 0 radical (unpaired) electrons. The van der Waals surface area contributed by atoms with Crippen molar-refractivity contribution in [3.8, 4) is 34.0 Å². The summed E-state index contributed by atoms with van der Waals surface area (Å²) in [7, 11) is 0. The van der Waals surface area contributed by atoms with E-state index in [9.17, 15) is 5.26 Å². The van der Waals surface area contributed by atoms with Crippen molar-refractivity contribution in [1.29, 1.82) is 5.26 Å². The zero-order valence-electron chi connectivity index (χ0n) is 28.3. The highest BCUT2D eigenvalue weighted by atomic mass is 15.2. The van der Waals surface area contributed by atoms with Crippen molar-refractivity contribution >= 4 is 44.6 Å². The van der Waals surface area contributed by atoms with Gasteiger partial charge < -0.3 is 9.47 Å². The highest BCUT2D eigenvalue weighted by molar-refractivity contribution is 6.09. The minimum atomic E-state index is -0.174. The first-order valence-corrected chi connectivity index (χ1v) is 17.1. The number of fused-ring (bicyclic) bond motifs is 5. The fourth-order valence-corrected chi connectivity index (χ4v) is 7.97. The van der Waals surface area contributed by atoms with Gasteiger partial charge in [0.2, 0.25) is 0 Å². The van der Waals surface area contributed by atoms with E-state index in [-0.39, 0.29) is 5.41 Å². The molecule has 8 aromatic rings. The topological polar surface area (TPSA) is 36.3 Å². The second kappa shape index (κ2) is 11.6. The molecule has 9 rings (SSSR count). The third-order valence-electron chi connectivity index (χ3n) is 10.4. The number of nitriles is 1. The number of hydrogen-bond acceptors (Lipinski definition) is 2. The summed E-state index contributed by atoms with van der Waals surface area (Å²) < 4.78 is 2.38. The van der Waals surface area contributed by atoms with Crippen molar-refractivity contribution in [2.75, 3.05) is 4.90 Å². The van der Waals surface area contributed by atoms with Crippen LogP contribution in [0.4, 0.5) is 22.7 Å². The summed E-state index contributed by atoms with van der Waals surface area (Å²) in [4.78, 5) is 6.20. The molecule has 1 aliphatic rings. The minimum absolute atomic E-state index is 0.174. The lowest BCUT2D eigenvalue weighted by molar-refractivity contribution is 0.632. The van der Waals surface area contributed by atoms with Crippen LogP contribution >= 0.6 is 0 Å². The Kier molecular flexibility index (Phi) is 6.88. The van der Waals surface area contributed by atoms with Crippen LogP contribution in [0.25, 0.3) is 54.6 Å². The molecule has 0 N–H and O–H groups in total. The molecular formula is C47H32N4. The molecule has 4 nitrogen and oxygen atoms in total. The SMILES string of the molecule is [C-]#[N+]c1cc(C#N)ccc1-c1cccc(-c2cc(N3c4ccccc4C(C)(C)c4ccccc43)cc(-n3c4ccccc4c4ccccc43)c2)c1. The molecule has 51 heavy (non-hydrogen) atoms. The predicted molar refractivity (Wildman–Crippen MR) is 209 cm³/mol. The number of para-hydroxylation sites is 4. The van der Waals surface area contributed by atoms with E-state index in [0.717, 1.165) is 44.7 Å². The first kappa shape index (κ1) is 30.2. The summed E-state index contributed by atoms with van der Waals surface area (Å²) in [5.74, 6) is 0. The lowest BCUT2D eigenvalue weighted by Gasteiger charge is -2.42. The molecule has 4 heteroatoms. The van der Waals surface area contributed by atoms with E-state index in [1.165, 1.54) is 33.3 Å². The van der Waals surface area contributed by atoms with Crippen LogP contribution in [0.3, 0.4) is 0 Å². The van der Waals surface area contributed by atoms with Gasteiger partial charge in [0.05, 0.1) is 35.0 Å². The van der Waals surface area contributed by atoms with Gasteiger partial charge in [0.15, 0.2) is 5.69 Å². The average Bonchev–Trinajstić information content (AvgIpc) is 3.52. The lowest BCUT2D eigenvalue weighted by Crippen LogP contribution is -2.30. The number of aromatic nitrogens is 1. The molecule has 240 valence electrons. The van der Waals surface area contributed by atoms with Crippen LogP contribution in [0, 0.1) is 17.9 Å². The van der Waals surface area contributed by atoms with Gasteiger partial charge in [-0.15, -0.1) is 0 Å². The molecule has 0 aliphatic carbocycles. The number of rotatable bonds is 4. The highest BCUT2D eigenvalue weighted by Gasteiger charge is 2.36. The molecule has 1 aliphatic heterocycles. The summed E-state index contributed by atoms with van der Waals surface area (Å²) in [6.07, 6.45) is 0. The van der Waals surface area contributed by atoms with Crippen LogP contribution in [-0.2, 0) is 5.41 Å². The fraction of sp³-hybridized carbons (Fsp3) is 0.0638. The van der Waals surface area contributed by atoms with Crippen LogP contribution in [-0.4, -0.2) is 4.57 Å². The molecule has 0 saturated heterocycles. The Labute approximate surface area is 297 Å². The van der Waals surface area contributed by atoms with Gasteiger partial charge in [0.1, 0.15) is 0 Å². The zero-order chi connectivity index (χ0) is 34.7. The minimum Gasteiger partial charge on any atom is -0.310 e. The quantitative estimate of drug-likeness (QED) is 0.177. The highest BCUT2D eigenvalue weighted by Crippen LogP contribution is 2.52. The molecular weight excluding hydrogens is 621 g/mol. The fourth-order valence-electron chi connectivity index (χ4n) is 7.97. The van der Waals surface area contributed by atoms with Crippen molar-refractivity contribution in [1.82, 2.24) is 4.57 Å². The Hall–Kier alpha value is -6.88. The summed E-state index contributed by atoms with van der Waals surface area (Å²) >= 11 is 0. The van der Waals surface area contributed by atoms with E-state index < -0.39 is 0 Å². The second-order valence-electron chi connectivity index (χ2n) is 13.6. The Balaban J connectivity index is 1.33. The maximum absolute atomic E-state index is 9.47. The van der Waals surface area contributed by atoms with Crippen molar-refractivity contribution in [3.63, 3.8) is 0 Å². The average molecular weight is 653 g/mol. The molecule has 7 aromatic carbocycles. The third-order valence-corrected chi connectivity index (χ3v) is 10.4. The van der Waals surface area contributed by atoms with E-state index in [2.05, 4.69) is 168 Å². The Morgan fingerprint density at radius 3 is 1.80 bits per heavy atom. The molecule has 0 saturated carbocycles. The van der Waals surface area contributed by atoms with E-state index in [1.54, 1.807) is 12.1 Å². The number of benzene rings is 7. The van der Waals surface area contributed by atoms with E-state index in [0.29, 0.717) is 11.3 Å². The van der Waals surface area contributed by atoms with Crippen molar-refractivity contribution in [2.45, 2.75) is 19.3 Å². The maximum atomic E-state index is 9.47. The molecule has 0 bridgehead atoms. The Morgan fingerprint density at radius 2 is 1.16 bits per heavy atom. The Bertz CT molecular complexity index is 2670. The molecule has 0 fully saturated rings. The van der Waals surface area contributed by atoms with Gasteiger partial charge >= 0.3 is 0 Å². The molecule has 2 heterocycles. The molecule has 1 aromatic heterocycles. The normalized spacial score (nSPS) is 13.0. The van der Waals surface area contributed by atoms with Gasteiger partial charge in [0, 0.05) is 33.1 Å². The van der Waals surface area contributed by atoms with Crippen LogP contribution < -0.4 is 4.90 Å². The predicted octanol–water partition coefficient (Wildman–Crippen LogP) is 12.6. The number of hydrogen-bond donors (Lipinski definition) is 0. The largest absolute Gasteiger partial charge is 0.310 e. The van der Waals surface area contributed by atoms with Gasteiger partial charge in [-0.25, -0.2) is 4.85 Å². The van der Waals surface area contributed by atoms with Crippen molar-refractivity contribution in [3.05, 3.63) is 186 Å². The maximum Gasteiger partial charge on any atom is 0.196 e. The van der Waals surface area contributed by atoms with Crippen LogP contribution in [0.1, 0.15) is 30.5 Å². The summed E-state index contributed by atoms with van der Waals surface area (Å²) in [5.41, 5.74) is 13.9. The summed E-state index contributed by atoms with van der Waals surface area (Å²) in [5, 5.41) is 11.9. The van der Waals surface area contributed by atoms with Crippen molar-refractivity contribution < 1.29 is 0 Å². The first-order valence-electron chi connectivity index (χ1n) is 17.1. The first-order chi connectivity index (χ1) is 25.0. The van der Waals surface area contributed by atoms with Gasteiger partial charge in [-0.05, 0) is 94.0 Å². The third kappa shape index (κ3) is 4.73. The molecule has 0 amide bonds. The molecule has 0 atom stereocenters. The van der Waals surface area contributed by atoms with E-state index >= 15 is 0 Å². The van der Waals surface area contributed by atoms with Crippen LogP contribution in [0.2, 0.25) is 0 Å². The van der Waals surface area contributed by atoms with E-state index in [1.807, 2.05) is 12.1 Å². The monoisotopic (exact) mass is 652 g/mol. The molecule has 0 unspecified atom stereocenters. The lowest BCUT2D eigenvalue weighted by atomic mass is 9.73. The van der Waals surface area contributed by atoms with Crippen LogP contribution in [0.5, 0.6) is 0 Å². The number of anilines is 3. The van der Waals surface area contributed by atoms with E-state index in [4.69, 9.17) is 6.57 Å². The number of nitrogens with zero attached hydrogens (tertiary/aromatic N) is 4. The summed E-state index contributed by atoms with van der Waals surface area (Å²) in [6.45, 7) is 12.5. The smallest absolute Gasteiger partial charge is 0.196 e. The van der Waals surface area contributed by atoms with Gasteiger partial charge in [-0.2, -0.15) is 5.26 Å². The van der Waals surface area contributed by atoms with Gasteiger partial charge in [-0.3, -0.25) is 0 Å². The van der Waals surface area contributed by atoms with Gasteiger partial charge in [0.25, 0.3) is 0 Å². The second-order valence-corrected chi connectivity index (χ2v) is 13.6. The van der Waals surface area contributed by atoms with Crippen molar-refractivity contribution in [2.24, 2.45) is 0 Å². The molecule has 0 spiro atoms. The van der Waals surface area contributed by atoms with Crippen LogP contribution in [0.15, 0.2) is 158 Å². The summed E-state index contributed by atoms with van der Waals surface area (Å²) in [6, 6.07) is 57.5. The standard InChI is InChI=1S/C47H32N4/c1-47(2)40-17-6-10-21-45(40)51(46-22-11-7-18-41(46)47)36-28-34(32-13-12-14-33(26-32)37-24-23-31(30-48)25-42(37)49-3)27-35(29-36)50-43-19-8-4-15-38(43)39-16-5-9-20-44(39)50/h4-29H,1-2H3.